The summed E-state index contributed by atoms with van der Waals surface area (Å²) in [7, 11) is 0. The Morgan fingerprint density at radius 2 is 1.89 bits per heavy atom. The maximum absolute atomic E-state index is 12.5. The van der Waals surface area contributed by atoms with E-state index >= 15 is 0 Å². The van der Waals surface area contributed by atoms with Crippen LogP contribution in [0.15, 0.2) is 59.6 Å². The van der Waals surface area contributed by atoms with Gasteiger partial charge in [-0.25, -0.2) is 14.5 Å². The first-order valence-electron chi connectivity index (χ1n) is 8.57. The van der Waals surface area contributed by atoms with Crippen LogP contribution in [0.25, 0.3) is 17.1 Å². The number of benzene rings is 1. The molecule has 0 aliphatic carbocycles. The largest absolute Gasteiger partial charge is 0.442 e. The first kappa shape index (κ1) is 17.0. The van der Waals surface area contributed by atoms with Crippen molar-refractivity contribution in [2.24, 2.45) is 0 Å². The second kappa shape index (κ2) is 6.35. The van der Waals surface area contributed by atoms with Crippen LogP contribution < -0.4 is 5.32 Å². The predicted molar refractivity (Wildman–Crippen MR) is 102 cm³/mol. The van der Waals surface area contributed by atoms with Gasteiger partial charge in [0.2, 0.25) is 0 Å². The quantitative estimate of drug-likeness (QED) is 0.597. The molecule has 4 aromatic rings. The van der Waals surface area contributed by atoms with E-state index in [4.69, 9.17) is 4.42 Å². The number of carbonyl (C=O) groups excluding carboxylic acids is 1. The van der Waals surface area contributed by atoms with E-state index in [0.717, 1.165) is 0 Å². The Kier molecular flexibility index (Phi) is 3.99. The summed E-state index contributed by atoms with van der Waals surface area (Å²) < 4.78 is 6.85. The molecule has 0 bridgehead atoms. The van der Waals surface area contributed by atoms with Crippen molar-refractivity contribution in [1.82, 2.24) is 19.6 Å². The van der Waals surface area contributed by atoms with E-state index in [1.165, 1.54) is 12.0 Å². The third-order valence-electron chi connectivity index (χ3n) is 4.26. The number of anilines is 1. The fraction of sp³-hybridized carbons (Fsp3) is 0.200. The smallest absolute Gasteiger partial charge is 0.256 e. The van der Waals surface area contributed by atoms with Crippen LogP contribution in [-0.2, 0) is 5.41 Å². The lowest BCUT2D eigenvalue weighted by atomic mass is 9.87. The molecular weight excluding hydrogens is 342 g/mol. The summed E-state index contributed by atoms with van der Waals surface area (Å²) in [6.07, 6.45) is 4.61. The van der Waals surface area contributed by atoms with Gasteiger partial charge in [-0.05, 0) is 35.2 Å². The van der Waals surface area contributed by atoms with Crippen LogP contribution in [0.3, 0.4) is 0 Å². The lowest BCUT2D eigenvalue weighted by molar-refractivity contribution is 0.102. The summed E-state index contributed by atoms with van der Waals surface area (Å²) in [6, 6.07) is 11.2. The zero-order valence-corrected chi connectivity index (χ0v) is 15.3. The van der Waals surface area contributed by atoms with E-state index in [1.54, 1.807) is 29.0 Å². The maximum Gasteiger partial charge on any atom is 0.256 e. The van der Waals surface area contributed by atoms with E-state index in [0.29, 0.717) is 28.5 Å². The van der Waals surface area contributed by atoms with Crippen molar-refractivity contribution < 1.29 is 9.21 Å². The number of amides is 1. The van der Waals surface area contributed by atoms with Gasteiger partial charge in [0, 0.05) is 5.56 Å². The Morgan fingerprint density at radius 3 is 2.56 bits per heavy atom. The average molecular weight is 361 g/mol. The second-order valence-corrected chi connectivity index (χ2v) is 7.29. The molecule has 0 radical (unpaired) electrons. The number of nitrogens with one attached hydrogen (secondary N) is 1. The van der Waals surface area contributed by atoms with Gasteiger partial charge in [0.15, 0.2) is 23.6 Å². The Balaban J connectivity index is 1.55. The standard InChI is InChI=1S/C20H19N5O2/c1-20(2,3)14-6-4-13(5-7-14)19(26)23-17-11-25-18(22-17)9-8-15(24-25)16-10-21-12-27-16/h4-12H,1-3H3,(H,23,26). The van der Waals surface area contributed by atoms with Crippen LogP contribution in [0.4, 0.5) is 5.82 Å². The van der Waals surface area contributed by atoms with Gasteiger partial charge in [-0.15, -0.1) is 0 Å². The number of hydrogen-bond acceptors (Lipinski definition) is 5. The molecule has 1 amide bonds. The summed E-state index contributed by atoms with van der Waals surface area (Å²) in [6.45, 7) is 6.41. The zero-order valence-electron chi connectivity index (χ0n) is 15.3. The highest BCUT2D eigenvalue weighted by Crippen LogP contribution is 2.22. The number of rotatable bonds is 3. The number of carbonyl (C=O) groups is 1. The van der Waals surface area contributed by atoms with Crippen molar-refractivity contribution >= 4 is 17.4 Å². The SMILES string of the molecule is CC(C)(C)c1ccc(C(=O)Nc2cn3nc(-c4cnco4)ccc3n2)cc1. The van der Waals surface area contributed by atoms with Crippen molar-refractivity contribution in [2.75, 3.05) is 5.32 Å². The van der Waals surface area contributed by atoms with Gasteiger partial charge in [0.25, 0.3) is 5.91 Å². The summed E-state index contributed by atoms with van der Waals surface area (Å²) in [5.41, 5.74) is 3.06. The summed E-state index contributed by atoms with van der Waals surface area (Å²) in [5, 5.41) is 7.24. The predicted octanol–water partition coefficient (Wildman–Crippen LogP) is 3.93. The fourth-order valence-electron chi connectivity index (χ4n) is 2.73. The molecule has 0 fully saturated rings. The highest BCUT2D eigenvalue weighted by Gasteiger charge is 2.15. The van der Waals surface area contributed by atoms with Gasteiger partial charge >= 0.3 is 0 Å². The van der Waals surface area contributed by atoms with Crippen molar-refractivity contribution in [2.45, 2.75) is 26.2 Å². The Morgan fingerprint density at radius 1 is 1.11 bits per heavy atom. The first-order valence-corrected chi connectivity index (χ1v) is 8.57. The van der Waals surface area contributed by atoms with Gasteiger partial charge in [-0.1, -0.05) is 32.9 Å². The third kappa shape index (κ3) is 3.44. The molecule has 0 aliphatic heterocycles. The number of aromatic nitrogens is 4. The van der Waals surface area contributed by atoms with Crippen LogP contribution in [0.1, 0.15) is 36.7 Å². The Hall–Kier alpha value is -3.48. The van der Waals surface area contributed by atoms with Crippen molar-refractivity contribution in [3.05, 3.63) is 66.3 Å². The molecule has 27 heavy (non-hydrogen) atoms. The molecule has 0 spiro atoms. The number of nitrogens with zero attached hydrogens (tertiary/aromatic N) is 4. The Labute approximate surface area is 156 Å². The van der Waals surface area contributed by atoms with Crippen LogP contribution >= 0.6 is 0 Å². The summed E-state index contributed by atoms with van der Waals surface area (Å²) in [5.74, 6) is 0.784. The molecule has 7 heteroatoms. The third-order valence-corrected chi connectivity index (χ3v) is 4.26. The van der Waals surface area contributed by atoms with E-state index < -0.39 is 0 Å². The second-order valence-electron chi connectivity index (χ2n) is 7.29. The highest BCUT2D eigenvalue weighted by atomic mass is 16.3. The van der Waals surface area contributed by atoms with Crippen LogP contribution in [0.2, 0.25) is 0 Å². The van der Waals surface area contributed by atoms with Gasteiger partial charge < -0.3 is 9.73 Å². The molecule has 1 N–H and O–H groups in total. The molecule has 4 rings (SSSR count). The van der Waals surface area contributed by atoms with E-state index in [9.17, 15) is 4.79 Å². The lowest BCUT2D eigenvalue weighted by Crippen LogP contribution is -2.14. The molecule has 0 unspecified atom stereocenters. The van der Waals surface area contributed by atoms with Gasteiger partial charge in [0.1, 0.15) is 5.69 Å². The van der Waals surface area contributed by atoms with Crippen LogP contribution in [-0.4, -0.2) is 25.5 Å². The van der Waals surface area contributed by atoms with E-state index in [-0.39, 0.29) is 11.3 Å². The van der Waals surface area contributed by atoms with Gasteiger partial charge in [-0.3, -0.25) is 4.79 Å². The van der Waals surface area contributed by atoms with Crippen LogP contribution in [0.5, 0.6) is 0 Å². The minimum Gasteiger partial charge on any atom is -0.442 e. The minimum absolute atomic E-state index is 0.0451. The van der Waals surface area contributed by atoms with Gasteiger partial charge in [0.05, 0.1) is 12.4 Å². The molecule has 0 saturated carbocycles. The number of oxazole rings is 1. The molecular formula is C20H19N5O2. The molecule has 1 aromatic carbocycles. The molecule has 7 nitrogen and oxygen atoms in total. The number of hydrogen-bond donors (Lipinski definition) is 1. The van der Waals surface area contributed by atoms with Gasteiger partial charge in [-0.2, -0.15) is 5.10 Å². The minimum atomic E-state index is -0.214. The highest BCUT2D eigenvalue weighted by molar-refractivity contribution is 6.03. The normalized spacial score (nSPS) is 11.7. The van der Waals surface area contributed by atoms with Crippen molar-refractivity contribution in [1.29, 1.82) is 0 Å². The molecule has 0 atom stereocenters. The molecule has 0 saturated heterocycles. The zero-order chi connectivity index (χ0) is 19.0. The average Bonchev–Trinajstić information content (AvgIpc) is 3.29. The topological polar surface area (TPSA) is 85.3 Å². The lowest BCUT2D eigenvalue weighted by Gasteiger charge is -2.18. The Bertz CT molecular complexity index is 1090. The van der Waals surface area contributed by atoms with E-state index in [1.807, 2.05) is 24.3 Å². The summed E-state index contributed by atoms with van der Waals surface area (Å²) in [4.78, 5) is 20.8. The number of imidazole rings is 1. The van der Waals surface area contributed by atoms with E-state index in [2.05, 4.69) is 41.2 Å². The summed E-state index contributed by atoms with van der Waals surface area (Å²) >= 11 is 0. The molecule has 3 heterocycles. The monoisotopic (exact) mass is 361 g/mol. The van der Waals surface area contributed by atoms with Crippen molar-refractivity contribution in [3.8, 4) is 11.5 Å². The molecule has 3 aromatic heterocycles. The van der Waals surface area contributed by atoms with Crippen LogP contribution in [0, 0.1) is 0 Å². The number of fused-ring (bicyclic) bond motifs is 1. The molecule has 0 aliphatic rings. The molecule has 136 valence electrons. The fourth-order valence-corrected chi connectivity index (χ4v) is 2.73. The maximum atomic E-state index is 12.5. The van der Waals surface area contributed by atoms with Crippen molar-refractivity contribution in [3.63, 3.8) is 0 Å². The first-order chi connectivity index (χ1) is 12.9.